The van der Waals surface area contributed by atoms with Crippen molar-refractivity contribution in [2.75, 3.05) is 13.1 Å². The fraction of sp³-hybridized carbons (Fsp3) is 0.611. The van der Waals surface area contributed by atoms with Crippen LogP contribution in [0.1, 0.15) is 44.7 Å². The lowest BCUT2D eigenvalue weighted by Crippen LogP contribution is -2.45. The van der Waals surface area contributed by atoms with E-state index in [2.05, 4.69) is 51.3 Å². The first kappa shape index (κ1) is 18.3. The van der Waals surface area contributed by atoms with E-state index < -0.39 is 5.60 Å². The number of rotatable bonds is 3. The molecule has 1 aliphatic heterocycles. The lowest BCUT2D eigenvalue weighted by Gasteiger charge is -2.33. The molecule has 23 heavy (non-hydrogen) atoms. The summed E-state index contributed by atoms with van der Waals surface area (Å²) >= 11 is 3.63. The minimum atomic E-state index is -0.442. The SMILES string of the molecule is Cc1ccc(Br)c(CN2CCC(NC(=O)OC(C)(C)C)CC2)c1. The van der Waals surface area contributed by atoms with Crippen molar-refractivity contribution >= 4 is 22.0 Å². The van der Waals surface area contributed by atoms with Crippen LogP contribution in [0.3, 0.4) is 0 Å². The zero-order valence-electron chi connectivity index (χ0n) is 14.5. The average molecular weight is 383 g/mol. The molecule has 0 radical (unpaired) electrons. The maximum Gasteiger partial charge on any atom is 0.407 e. The highest BCUT2D eigenvalue weighted by atomic mass is 79.9. The highest BCUT2D eigenvalue weighted by molar-refractivity contribution is 9.10. The molecule has 1 fully saturated rings. The van der Waals surface area contributed by atoms with Gasteiger partial charge in [-0.3, -0.25) is 4.90 Å². The number of piperidine rings is 1. The lowest BCUT2D eigenvalue weighted by molar-refractivity contribution is 0.0477. The normalized spacial score (nSPS) is 17.1. The van der Waals surface area contributed by atoms with Crippen molar-refractivity contribution in [3.63, 3.8) is 0 Å². The van der Waals surface area contributed by atoms with Crippen LogP contribution in [0.15, 0.2) is 22.7 Å². The number of nitrogens with one attached hydrogen (secondary N) is 1. The molecule has 0 aliphatic carbocycles. The van der Waals surface area contributed by atoms with E-state index >= 15 is 0 Å². The maximum absolute atomic E-state index is 11.8. The van der Waals surface area contributed by atoms with Crippen LogP contribution in [0, 0.1) is 6.92 Å². The summed E-state index contributed by atoms with van der Waals surface area (Å²) in [5.41, 5.74) is 2.16. The Labute approximate surface area is 147 Å². The average Bonchev–Trinajstić information content (AvgIpc) is 2.43. The Hall–Kier alpha value is -1.07. The van der Waals surface area contributed by atoms with Gasteiger partial charge in [-0.15, -0.1) is 0 Å². The first-order chi connectivity index (χ1) is 10.7. The molecule has 0 atom stereocenters. The Kier molecular flexibility index (Phi) is 6.09. The van der Waals surface area contributed by atoms with Crippen LogP contribution < -0.4 is 5.32 Å². The molecule has 0 saturated carbocycles. The van der Waals surface area contributed by atoms with Crippen LogP contribution in [0.25, 0.3) is 0 Å². The molecule has 0 bridgehead atoms. The van der Waals surface area contributed by atoms with E-state index in [-0.39, 0.29) is 12.1 Å². The minimum Gasteiger partial charge on any atom is -0.444 e. The molecule has 1 heterocycles. The van der Waals surface area contributed by atoms with Crippen LogP contribution in [0.4, 0.5) is 4.79 Å². The largest absolute Gasteiger partial charge is 0.444 e. The van der Waals surface area contributed by atoms with Crippen molar-refractivity contribution in [3.05, 3.63) is 33.8 Å². The van der Waals surface area contributed by atoms with E-state index in [1.54, 1.807) is 0 Å². The number of amides is 1. The Bertz CT molecular complexity index is 546. The summed E-state index contributed by atoms with van der Waals surface area (Å²) in [6.07, 6.45) is 1.61. The second-order valence-electron chi connectivity index (χ2n) is 7.29. The number of halogens is 1. The number of likely N-dealkylation sites (tertiary alicyclic amines) is 1. The molecular weight excluding hydrogens is 356 g/mol. The number of nitrogens with zero attached hydrogens (tertiary/aromatic N) is 1. The number of ether oxygens (including phenoxy) is 1. The van der Waals surface area contributed by atoms with Crippen molar-refractivity contribution in [3.8, 4) is 0 Å². The molecule has 4 nitrogen and oxygen atoms in total. The zero-order valence-corrected chi connectivity index (χ0v) is 16.1. The summed E-state index contributed by atoms with van der Waals surface area (Å²) in [5.74, 6) is 0. The van der Waals surface area contributed by atoms with Gasteiger partial charge in [0.15, 0.2) is 0 Å². The summed E-state index contributed by atoms with van der Waals surface area (Å²) < 4.78 is 6.49. The van der Waals surface area contributed by atoms with Gasteiger partial charge in [0.25, 0.3) is 0 Å². The fourth-order valence-electron chi connectivity index (χ4n) is 2.78. The third-order valence-corrected chi connectivity index (χ3v) is 4.68. The van der Waals surface area contributed by atoms with Gasteiger partial charge in [-0.1, -0.05) is 33.6 Å². The molecule has 1 aliphatic rings. The maximum atomic E-state index is 11.8. The van der Waals surface area contributed by atoms with Gasteiger partial charge in [-0.05, 0) is 52.2 Å². The van der Waals surface area contributed by atoms with Crippen molar-refractivity contribution in [1.29, 1.82) is 0 Å². The quantitative estimate of drug-likeness (QED) is 0.849. The van der Waals surface area contributed by atoms with Crippen LogP contribution in [-0.2, 0) is 11.3 Å². The Morgan fingerprint density at radius 2 is 2.00 bits per heavy atom. The predicted octanol–water partition coefficient (Wildman–Crippen LogP) is 4.25. The number of carbonyl (C=O) groups excluding carboxylic acids is 1. The van der Waals surface area contributed by atoms with Crippen LogP contribution in [0.2, 0.25) is 0 Å². The van der Waals surface area contributed by atoms with Crippen molar-refractivity contribution in [2.24, 2.45) is 0 Å². The van der Waals surface area contributed by atoms with Gasteiger partial charge in [-0.2, -0.15) is 0 Å². The molecule has 2 rings (SSSR count). The second-order valence-corrected chi connectivity index (χ2v) is 8.15. The summed E-state index contributed by atoms with van der Waals surface area (Å²) in [4.78, 5) is 14.3. The molecule has 1 aromatic rings. The number of hydrogen-bond donors (Lipinski definition) is 1. The molecule has 128 valence electrons. The topological polar surface area (TPSA) is 41.6 Å². The van der Waals surface area contributed by atoms with Gasteiger partial charge in [0.05, 0.1) is 0 Å². The minimum absolute atomic E-state index is 0.210. The first-order valence-electron chi connectivity index (χ1n) is 8.20. The highest BCUT2D eigenvalue weighted by Crippen LogP contribution is 2.22. The zero-order chi connectivity index (χ0) is 17.0. The Morgan fingerprint density at radius 3 is 2.61 bits per heavy atom. The van der Waals surface area contributed by atoms with Crippen molar-refractivity contribution in [2.45, 2.75) is 58.7 Å². The molecule has 1 N–H and O–H groups in total. The van der Waals surface area contributed by atoms with Crippen molar-refractivity contribution < 1.29 is 9.53 Å². The second kappa shape index (κ2) is 7.67. The van der Waals surface area contributed by atoms with Crippen LogP contribution >= 0.6 is 15.9 Å². The van der Waals surface area contributed by atoms with E-state index in [1.165, 1.54) is 11.1 Å². The highest BCUT2D eigenvalue weighted by Gasteiger charge is 2.23. The molecule has 0 spiro atoms. The Morgan fingerprint density at radius 1 is 1.35 bits per heavy atom. The summed E-state index contributed by atoms with van der Waals surface area (Å²) in [5, 5.41) is 2.98. The molecule has 1 saturated heterocycles. The molecular formula is C18H27BrN2O2. The lowest BCUT2D eigenvalue weighted by atomic mass is 10.0. The third kappa shape index (κ3) is 6.15. The monoisotopic (exact) mass is 382 g/mol. The number of hydrogen-bond acceptors (Lipinski definition) is 3. The summed E-state index contributed by atoms with van der Waals surface area (Å²) in [6.45, 7) is 10.7. The molecule has 1 aromatic carbocycles. The number of aryl methyl sites for hydroxylation is 1. The third-order valence-electron chi connectivity index (χ3n) is 3.90. The van der Waals surface area contributed by atoms with Gasteiger partial charge < -0.3 is 10.1 Å². The molecule has 0 aromatic heterocycles. The van der Waals surface area contributed by atoms with Crippen LogP contribution in [0.5, 0.6) is 0 Å². The molecule has 5 heteroatoms. The van der Waals surface area contributed by atoms with Crippen molar-refractivity contribution in [1.82, 2.24) is 10.2 Å². The van der Waals surface area contributed by atoms with Gasteiger partial charge in [0.1, 0.15) is 5.60 Å². The summed E-state index contributed by atoms with van der Waals surface area (Å²) in [6, 6.07) is 6.67. The smallest absolute Gasteiger partial charge is 0.407 e. The molecule has 0 unspecified atom stereocenters. The van der Waals surface area contributed by atoms with E-state index in [9.17, 15) is 4.79 Å². The number of carbonyl (C=O) groups is 1. The molecule has 1 amide bonds. The fourth-order valence-corrected chi connectivity index (χ4v) is 3.15. The predicted molar refractivity (Wildman–Crippen MR) is 96.5 cm³/mol. The standard InChI is InChI=1S/C18H27BrN2O2/c1-13-5-6-16(19)14(11-13)12-21-9-7-15(8-10-21)20-17(22)23-18(2,3)4/h5-6,11,15H,7-10,12H2,1-4H3,(H,20,22). The first-order valence-corrected chi connectivity index (χ1v) is 8.99. The van der Waals surface area contributed by atoms with Gasteiger partial charge >= 0.3 is 6.09 Å². The summed E-state index contributed by atoms with van der Waals surface area (Å²) in [7, 11) is 0. The van der Waals surface area contributed by atoms with E-state index in [1.807, 2.05) is 20.8 Å². The van der Waals surface area contributed by atoms with Crippen LogP contribution in [-0.4, -0.2) is 35.7 Å². The number of alkyl carbamates (subject to hydrolysis) is 1. The number of benzene rings is 1. The van der Waals surface area contributed by atoms with Gasteiger partial charge in [-0.25, -0.2) is 4.79 Å². The van der Waals surface area contributed by atoms with Gasteiger partial charge in [0.2, 0.25) is 0 Å². The van der Waals surface area contributed by atoms with Gasteiger partial charge in [0, 0.05) is 30.1 Å². The van der Waals surface area contributed by atoms with E-state index in [0.717, 1.165) is 36.9 Å². The Balaban J connectivity index is 1.80. The van der Waals surface area contributed by atoms with E-state index in [0.29, 0.717) is 0 Å². The van der Waals surface area contributed by atoms with E-state index in [4.69, 9.17) is 4.74 Å².